The van der Waals surface area contributed by atoms with Crippen LogP contribution in [0.15, 0.2) is 40.9 Å². The number of nitrogens with zero attached hydrogens (tertiary/aromatic N) is 3. The Labute approximate surface area is 122 Å². The predicted molar refractivity (Wildman–Crippen MR) is 78.4 cm³/mol. The summed E-state index contributed by atoms with van der Waals surface area (Å²) in [6.07, 6.45) is 0.380. The maximum atomic E-state index is 12.4. The number of thioether (sulfide) groups is 1. The minimum atomic E-state index is -0.101. The largest absolute Gasteiger partial charge is 0.292 e. The number of allylic oxidation sites excluding steroid dienone is 1. The van der Waals surface area contributed by atoms with Gasteiger partial charge in [-0.05, 0) is 12.6 Å². The summed E-state index contributed by atoms with van der Waals surface area (Å²) in [6.45, 7) is 0.577. The molecular formula is C15H15N3OS. The van der Waals surface area contributed by atoms with Crippen molar-refractivity contribution in [1.29, 1.82) is 5.26 Å². The van der Waals surface area contributed by atoms with E-state index in [-0.39, 0.29) is 11.8 Å². The van der Waals surface area contributed by atoms with Crippen LogP contribution in [0.3, 0.4) is 0 Å². The number of fused-ring (bicyclic) bond motifs is 1. The SMILES string of the molecule is CN1CSC2=C(C#N)[C@H](c3ccccc3)CC(=O)N2C1. The summed E-state index contributed by atoms with van der Waals surface area (Å²) in [5, 5.41) is 10.4. The lowest BCUT2D eigenvalue weighted by Crippen LogP contribution is -2.45. The van der Waals surface area contributed by atoms with Crippen LogP contribution in [0.5, 0.6) is 0 Å². The summed E-state index contributed by atoms with van der Waals surface area (Å²) < 4.78 is 0. The van der Waals surface area contributed by atoms with Crippen molar-refractivity contribution in [2.24, 2.45) is 0 Å². The van der Waals surface area contributed by atoms with Crippen LogP contribution in [0.25, 0.3) is 0 Å². The molecule has 0 N–H and O–H groups in total. The molecular weight excluding hydrogens is 270 g/mol. The van der Waals surface area contributed by atoms with Gasteiger partial charge in [0.25, 0.3) is 0 Å². The second-order valence-corrected chi connectivity index (χ2v) is 6.02. The van der Waals surface area contributed by atoms with E-state index in [0.717, 1.165) is 22.0 Å². The number of benzene rings is 1. The van der Waals surface area contributed by atoms with Crippen molar-refractivity contribution in [1.82, 2.24) is 9.80 Å². The Morgan fingerprint density at radius 1 is 1.35 bits per heavy atom. The van der Waals surface area contributed by atoms with E-state index in [1.807, 2.05) is 37.4 Å². The second kappa shape index (κ2) is 5.31. The monoisotopic (exact) mass is 285 g/mol. The summed E-state index contributed by atoms with van der Waals surface area (Å²) in [5.41, 5.74) is 1.78. The number of amides is 1. The van der Waals surface area contributed by atoms with Gasteiger partial charge in [0.2, 0.25) is 5.91 Å². The minimum Gasteiger partial charge on any atom is -0.292 e. The van der Waals surface area contributed by atoms with Crippen molar-refractivity contribution in [3.05, 3.63) is 46.5 Å². The normalized spacial score (nSPS) is 23.5. The number of hydrogen-bond acceptors (Lipinski definition) is 4. The summed E-state index contributed by atoms with van der Waals surface area (Å²) in [7, 11) is 1.98. The van der Waals surface area contributed by atoms with Crippen LogP contribution in [0, 0.1) is 11.3 Å². The molecule has 0 radical (unpaired) electrons. The lowest BCUT2D eigenvalue weighted by atomic mass is 9.86. The first-order valence-corrected chi connectivity index (χ1v) is 7.50. The summed E-state index contributed by atoms with van der Waals surface area (Å²) >= 11 is 1.58. The molecule has 1 fully saturated rings. The lowest BCUT2D eigenvalue weighted by Gasteiger charge is -2.40. The zero-order valence-corrected chi connectivity index (χ0v) is 12.1. The van der Waals surface area contributed by atoms with E-state index in [1.165, 1.54) is 0 Å². The lowest BCUT2D eigenvalue weighted by molar-refractivity contribution is -0.131. The zero-order chi connectivity index (χ0) is 14.1. The van der Waals surface area contributed by atoms with Gasteiger partial charge in [0.1, 0.15) is 0 Å². The van der Waals surface area contributed by atoms with Crippen LogP contribution in [0.1, 0.15) is 17.9 Å². The molecule has 1 amide bonds. The molecule has 20 heavy (non-hydrogen) atoms. The third-order valence-corrected chi connectivity index (χ3v) is 4.91. The van der Waals surface area contributed by atoms with Crippen molar-refractivity contribution in [3.8, 4) is 6.07 Å². The van der Waals surface area contributed by atoms with Crippen LogP contribution >= 0.6 is 11.8 Å². The smallest absolute Gasteiger partial charge is 0.229 e. The van der Waals surface area contributed by atoms with Crippen molar-refractivity contribution in [2.45, 2.75) is 12.3 Å². The minimum absolute atomic E-state index is 0.101. The Morgan fingerprint density at radius 2 is 2.10 bits per heavy atom. The Hall–Kier alpha value is -1.77. The zero-order valence-electron chi connectivity index (χ0n) is 11.2. The topological polar surface area (TPSA) is 47.3 Å². The molecule has 1 atom stereocenters. The van der Waals surface area contributed by atoms with Gasteiger partial charge in [0.15, 0.2) is 0 Å². The fourth-order valence-electron chi connectivity index (χ4n) is 2.64. The van der Waals surface area contributed by atoms with Crippen LogP contribution in [0.4, 0.5) is 0 Å². The Balaban J connectivity index is 2.04. The van der Waals surface area contributed by atoms with E-state index in [0.29, 0.717) is 13.1 Å². The number of hydrogen-bond donors (Lipinski definition) is 0. The molecule has 5 heteroatoms. The number of carbonyl (C=O) groups is 1. The highest BCUT2D eigenvalue weighted by Crippen LogP contribution is 2.41. The molecule has 2 aliphatic heterocycles. The first kappa shape index (κ1) is 13.2. The molecule has 3 rings (SSSR count). The molecule has 2 heterocycles. The average Bonchev–Trinajstić information content (AvgIpc) is 2.48. The quantitative estimate of drug-likeness (QED) is 0.794. The Morgan fingerprint density at radius 3 is 2.80 bits per heavy atom. The van der Waals surface area contributed by atoms with E-state index in [1.54, 1.807) is 16.7 Å². The van der Waals surface area contributed by atoms with Gasteiger partial charge in [-0.3, -0.25) is 14.6 Å². The maximum absolute atomic E-state index is 12.4. The van der Waals surface area contributed by atoms with Gasteiger partial charge in [-0.15, -0.1) is 0 Å². The number of rotatable bonds is 1. The molecule has 0 saturated carbocycles. The highest BCUT2D eigenvalue weighted by atomic mass is 32.2. The van der Waals surface area contributed by atoms with Gasteiger partial charge in [0, 0.05) is 12.3 Å². The van der Waals surface area contributed by atoms with E-state index in [2.05, 4.69) is 11.0 Å². The van der Waals surface area contributed by atoms with Crippen molar-refractivity contribution in [2.75, 3.05) is 19.6 Å². The van der Waals surface area contributed by atoms with Gasteiger partial charge in [-0.1, -0.05) is 42.1 Å². The fourth-order valence-corrected chi connectivity index (χ4v) is 3.73. The molecule has 2 aliphatic rings. The number of nitriles is 1. The van der Waals surface area contributed by atoms with Crippen LogP contribution in [-0.2, 0) is 4.79 Å². The second-order valence-electron chi connectivity index (χ2n) is 5.09. The van der Waals surface area contributed by atoms with Gasteiger partial charge in [0.05, 0.1) is 29.2 Å². The van der Waals surface area contributed by atoms with Crippen LogP contribution < -0.4 is 0 Å². The average molecular weight is 285 g/mol. The van der Waals surface area contributed by atoms with Gasteiger partial charge >= 0.3 is 0 Å². The molecule has 4 nitrogen and oxygen atoms in total. The van der Waals surface area contributed by atoms with Crippen molar-refractivity contribution >= 4 is 17.7 Å². The highest BCUT2D eigenvalue weighted by molar-refractivity contribution is 8.03. The van der Waals surface area contributed by atoms with Gasteiger partial charge in [-0.25, -0.2) is 0 Å². The first-order chi connectivity index (χ1) is 9.70. The van der Waals surface area contributed by atoms with Gasteiger partial charge < -0.3 is 0 Å². The Bertz CT molecular complexity index is 605. The van der Waals surface area contributed by atoms with E-state index in [9.17, 15) is 10.1 Å². The molecule has 1 aromatic carbocycles. The summed E-state index contributed by atoms with van der Waals surface area (Å²) in [6, 6.07) is 12.2. The van der Waals surface area contributed by atoms with Crippen LogP contribution in [0.2, 0.25) is 0 Å². The highest BCUT2D eigenvalue weighted by Gasteiger charge is 2.37. The molecule has 0 unspecified atom stereocenters. The summed E-state index contributed by atoms with van der Waals surface area (Å²) in [4.78, 5) is 16.2. The van der Waals surface area contributed by atoms with Crippen molar-refractivity contribution in [3.63, 3.8) is 0 Å². The Kier molecular flexibility index (Phi) is 3.51. The molecule has 1 saturated heterocycles. The first-order valence-electron chi connectivity index (χ1n) is 6.51. The van der Waals surface area contributed by atoms with Gasteiger partial charge in [-0.2, -0.15) is 5.26 Å². The maximum Gasteiger partial charge on any atom is 0.229 e. The van der Waals surface area contributed by atoms with E-state index < -0.39 is 0 Å². The molecule has 102 valence electrons. The van der Waals surface area contributed by atoms with E-state index in [4.69, 9.17) is 0 Å². The van der Waals surface area contributed by atoms with E-state index >= 15 is 0 Å². The molecule has 1 aromatic rings. The molecule has 0 aliphatic carbocycles. The standard InChI is InChI=1S/C15H15N3OS/c1-17-9-18-14(19)7-12(11-5-3-2-4-6-11)13(8-16)15(18)20-10-17/h2-6,12H,7,9-10H2,1H3/t12-/m0/s1. The predicted octanol–water partition coefficient (Wildman–Crippen LogP) is 2.33. The van der Waals surface area contributed by atoms with Crippen molar-refractivity contribution < 1.29 is 4.79 Å². The number of carbonyl (C=O) groups excluding carboxylic acids is 1. The fraction of sp³-hybridized carbons (Fsp3) is 0.333. The summed E-state index contributed by atoms with van der Waals surface area (Å²) in [5.74, 6) is 0.814. The molecule has 0 aromatic heterocycles. The van der Waals surface area contributed by atoms with Crippen LogP contribution in [-0.4, -0.2) is 35.3 Å². The third kappa shape index (κ3) is 2.21. The third-order valence-electron chi connectivity index (χ3n) is 3.63. The molecule has 0 bridgehead atoms. The molecule has 0 spiro atoms.